The monoisotopic (exact) mass is 246 g/mol. The molecule has 2 atom stereocenters. The highest BCUT2D eigenvalue weighted by Gasteiger charge is 2.25. The average molecular weight is 246 g/mol. The third kappa shape index (κ3) is 2.15. The van der Waals surface area contributed by atoms with E-state index >= 15 is 0 Å². The first-order chi connectivity index (χ1) is 8.58. The number of hydrogen-bond donors (Lipinski definition) is 1. The fraction of sp³-hybridized carbons (Fsp3) is 0.533. The summed E-state index contributed by atoms with van der Waals surface area (Å²) >= 11 is 0. The van der Waals surface area contributed by atoms with E-state index in [4.69, 9.17) is 0 Å². The molecule has 3 heteroatoms. The zero-order chi connectivity index (χ0) is 13.3. The fourth-order valence-electron chi connectivity index (χ4n) is 2.70. The lowest BCUT2D eigenvalue weighted by Gasteiger charge is -2.23. The van der Waals surface area contributed by atoms with Gasteiger partial charge in [-0.25, -0.2) is 0 Å². The molecule has 0 saturated heterocycles. The molecule has 2 unspecified atom stereocenters. The largest absolute Gasteiger partial charge is 0.315 e. The van der Waals surface area contributed by atoms with Gasteiger partial charge in [0.05, 0.1) is 6.42 Å². The van der Waals surface area contributed by atoms with E-state index in [9.17, 15) is 4.79 Å². The van der Waals surface area contributed by atoms with E-state index in [-0.39, 0.29) is 5.91 Å². The summed E-state index contributed by atoms with van der Waals surface area (Å²) in [5.41, 5.74) is 3.50. The second kappa shape index (κ2) is 5.11. The van der Waals surface area contributed by atoms with E-state index in [1.54, 1.807) is 4.90 Å². The van der Waals surface area contributed by atoms with Gasteiger partial charge >= 0.3 is 0 Å². The van der Waals surface area contributed by atoms with Crippen LogP contribution in [0.2, 0.25) is 0 Å². The maximum Gasteiger partial charge on any atom is 0.231 e. The molecule has 2 rings (SSSR count). The summed E-state index contributed by atoms with van der Waals surface area (Å²) in [5, 5.41) is 3.38. The fourth-order valence-corrected chi connectivity index (χ4v) is 2.70. The quantitative estimate of drug-likeness (QED) is 0.885. The van der Waals surface area contributed by atoms with Gasteiger partial charge in [0.15, 0.2) is 0 Å². The third-order valence-electron chi connectivity index (χ3n) is 4.06. The van der Waals surface area contributed by atoms with Crippen LogP contribution in [0.4, 0.5) is 5.69 Å². The van der Waals surface area contributed by atoms with Gasteiger partial charge in [0.25, 0.3) is 0 Å². The van der Waals surface area contributed by atoms with Crippen LogP contribution < -0.4 is 10.2 Å². The molecule has 1 aliphatic heterocycles. The van der Waals surface area contributed by atoms with E-state index in [1.807, 2.05) is 14.1 Å². The highest BCUT2D eigenvalue weighted by Crippen LogP contribution is 2.32. The van der Waals surface area contributed by atoms with Gasteiger partial charge in [-0.1, -0.05) is 32.4 Å². The molecule has 1 aromatic rings. The predicted octanol–water partition coefficient (Wildman–Crippen LogP) is 2.51. The number of carbonyl (C=O) groups excluding carboxylic acids is 1. The van der Waals surface area contributed by atoms with Crippen LogP contribution in [0.3, 0.4) is 0 Å². The SMILES string of the molecule is CCC(C)C(NC)c1ccc2c(c1)CC(=O)N2C. The van der Waals surface area contributed by atoms with Crippen LogP contribution >= 0.6 is 0 Å². The minimum Gasteiger partial charge on any atom is -0.315 e. The number of anilines is 1. The smallest absolute Gasteiger partial charge is 0.231 e. The molecule has 0 spiro atoms. The van der Waals surface area contributed by atoms with Crippen molar-refractivity contribution < 1.29 is 4.79 Å². The van der Waals surface area contributed by atoms with E-state index in [0.29, 0.717) is 18.4 Å². The van der Waals surface area contributed by atoms with Gasteiger partial charge in [-0.05, 0) is 30.2 Å². The van der Waals surface area contributed by atoms with Crippen molar-refractivity contribution in [2.75, 3.05) is 19.0 Å². The summed E-state index contributed by atoms with van der Waals surface area (Å²) in [5.74, 6) is 0.773. The summed E-state index contributed by atoms with van der Waals surface area (Å²) in [6, 6.07) is 6.76. The molecule has 98 valence electrons. The highest BCUT2D eigenvalue weighted by molar-refractivity contribution is 6.00. The van der Waals surface area contributed by atoms with Gasteiger partial charge in [0.2, 0.25) is 5.91 Å². The maximum absolute atomic E-state index is 11.7. The Kier molecular flexibility index (Phi) is 3.71. The van der Waals surface area contributed by atoms with Gasteiger partial charge in [0.1, 0.15) is 0 Å². The summed E-state index contributed by atoms with van der Waals surface area (Å²) in [4.78, 5) is 13.4. The molecule has 0 radical (unpaired) electrons. The molecule has 1 N–H and O–H groups in total. The lowest BCUT2D eigenvalue weighted by Crippen LogP contribution is -2.23. The number of hydrogen-bond acceptors (Lipinski definition) is 2. The second-order valence-electron chi connectivity index (χ2n) is 5.17. The van der Waals surface area contributed by atoms with Crippen LogP contribution in [0.15, 0.2) is 18.2 Å². The number of nitrogens with one attached hydrogen (secondary N) is 1. The van der Waals surface area contributed by atoms with Crippen molar-refractivity contribution in [2.45, 2.75) is 32.7 Å². The summed E-state index contributed by atoms with van der Waals surface area (Å²) < 4.78 is 0. The molecule has 0 saturated carbocycles. The first kappa shape index (κ1) is 13.1. The molecule has 0 bridgehead atoms. The van der Waals surface area contributed by atoms with Crippen LogP contribution in [0.25, 0.3) is 0 Å². The molecule has 1 heterocycles. The number of rotatable bonds is 4. The topological polar surface area (TPSA) is 32.3 Å². The molecular weight excluding hydrogens is 224 g/mol. The summed E-state index contributed by atoms with van der Waals surface area (Å²) in [7, 11) is 3.85. The standard InChI is InChI=1S/C15H22N2O/c1-5-10(2)15(16-3)11-6-7-13-12(8-11)9-14(18)17(13)4/h6-8,10,15-16H,5,9H2,1-4H3. The summed E-state index contributed by atoms with van der Waals surface area (Å²) in [6.45, 7) is 4.46. The Morgan fingerprint density at radius 2 is 2.17 bits per heavy atom. The van der Waals surface area contributed by atoms with Crippen molar-refractivity contribution >= 4 is 11.6 Å². The Labute approximate surface area is 109 Å². The summed E-state index contributed by atoms with van der Waals surface area (Å²) in [6.07, 6.45) is 1.68. The van der Waals surface area contributed by atoms with Gasteiger partial charge in [-0.15, -0.1) is 0 Å². The molecule has 3 nitrogen and oxygen atoms in total. The predicted molar refractivity (Wildman–Crippen MR) is 74.8 cm³/mol. The molecule has 0 aliphatic carbocycles. The van der Waals surface area contributed by atoms with Crippen molar-refractivity contribution in [3.8, 4) is 0 Å². The molecule has 0 aromatic heterocycles. The number of carbonyl (C=O) groups is 1. The van der Waals surface area contributed by atoms with Crippen LogP contribution in [0.1, 0.15) is 37.4 Å². The molecule has 1 aliphatic rings. The second-order valence-corrected chi connectivity index (χ2v) is 5.17. The Hall–Kier alpha value is -1.35. The first-order valence-electron chi connectivity index (χ1n) is 6.65. The Morgan fingerprint density at radius 1 is 1.44 bits per heavy atom. The lowest BCUT2D eigenvalue weighted by atomic mass is 9.91. The van der Waals surface area contributed by atoms with Crippen molar-refractivity contribution in [3.63, 3.8) is 0 Å². The number of fused-ring (bicyclic) bond motifs is 1. The number of benzene rings is 1. The van der Waals surface area contributed by atoms with Crippen LogP contribution in [-0.4, -0.2) is 20.0 Å². The molecule has 1 amide bonds. The Bertz CT molecular complexity index is 456. The minimum atomic E-state index is 0.187. The minimum absolute atomic E-state index is 0.187. The van der Waals surface area contributed by atoms with Crippen LogP contribution in [0.5, 0.6) is 0 Å². The maximum atomic E-state index is 11.7. The number of nitrogens with zero attached hydrogens (tertiary/aromatic N) is 1. The highest BCUT2D eigenvalue weighted by atomic mass is 16.2. The molecular formula is C15H22N2O. The molecule has 18 heavy (non-hydrogen) atoms. The van der Waals surface area contributed by atoms with Gasteiger partial charge in [0, 0.05) is 18.8 Å². The van der Waals surface area contributed by atoms with Gasteiger partial charge in [-0.2, -0.15) is 0 Å². The van der Waals surface area contributed by atoms with E-state index < -0.39 is 0 Å². The zero-order valence-corrected chi connectivity index (χ0v) is 11.7. The number of likely N-dealkylation sites (N-methyl/N-ethyl adjacent to an activating group) is 1. The van der Waals surface area contributed by atoms with E-state index in [0.717, 1.165) is 17.7 Å². The number of amides is 1. The lowest BCUT2D eigenvalue weighted by molar-refractivity contribution is -0.117. The van der Waals surface area contributed by atoms with Crippen molar-refractivity contribution in [2.24, 2.45) is 5.92 Å². The first-order valence-corrected chi connectivity index (χ1v) is 6.65. The molecule has 0 fully saturated rings. The van der Waals surface area contributed by atoms with Crippen LogP contribution in [-0.2, 0) is 11.2 Å². The van der Waals surface area contributed by atoms with Crippen molar-refractivity contribution in [1.82, 2.24) is 5.32 Å². The Balaban J connectivity index is 2.32. The van der Waals surface area contributed by atoms with Crippen molar-refractivity contribution in [3.05, 3.63) is 29.3 Å². The normalized spacial score (nSPS) is 17.8. The van der Waals surface area contributed by atoms with Crippen LogP contribution in [0, 0.1) is 5.92 Å². The Morgan fingerprint density at radius 3 is 2.78 bits per heavy atom. The van der Waals surface area contributed by atoms with E-state index in [1.165, 1.54) is 5.56 Å². The average Bonchev–Trinajstić information content (AvgIpc) is 2.65. The third-order valence-corrected chi connectivity index (χ3v) is 4.06. The molecule has 1 aromatic carbocycles. The van der Waals surface area contributed by atoms with Gasteiger partial charge < -0.3 is 10.2 Å². The van der Waals surface area contributed by atoms with Gasteiger partial charge in [-0.3, -0.25) is 4.79 Å². The van der Waals surface area contributed by atoms with Crippen molar-refractivity contribution in [1.29, 1.82) is 0 Å². The van der Waals surface area contributed by atoms with E-state index in [2.05, 4.69) is 37.4 Å². The zero-order valence-electron chi connectivity index (χ0n) is 11.7.